The summed E-state index contributed by atoms with van der Waals surface area (Å²) >= 11 is 3.18. The van der Waals surface area contributed by atoms with Crippen LogP contribution in [0.4, 0.5) is 5.69 Å². The number of nitrogens with one attached hydrogen (secondary N) is 1. The molecule has 1 aromatic heterocycles. The molecular weight excluding hydrogens is 358 g/mol. The van der Waals surface area contributed by atoms with E-state index < -0.39 is 0 Å². The van der Waals surface area contributed by atoms with Gasteiger partial charge in [0.1, 0.15) is 21.8 Å². The summed E-state index contributed by atoms with van der Waals surface area (Å²) in [5.41, 5.74) is 0.901. The van der Waals surface area contributed by atoms with Gasteiger partial charge < -0.3 is 10.1 Å². The number of amides is 1. The van der Waals surface area contributed by atoms with E-state index in [1.54, 1.807) is 24.3 Å². The maximum absolute atomic E-state index is 12.0. The molecule has 0 aliphatic rings. The lowest BCUT2D eigenvalue weighted by Gasteiger charge is -2.07. The Morgan fingerprint density at radius 3 is 2.26 bits per heavy atom. The molecule has 2 aromatic carbocycles. The predicted molar refractivity (Wildman–Crippen MR) is 90.6 cm³/mol. The van der Waals surface area contributed by atoms with Gasteiger partial charge in [-0.15, -0.1) is 0 Å². The Morgan fingerprint density at radius 2 is 1.61 bits per heavy atom. The highest BCUT2D eigenvalue weighted by Crippen LogP contribution is 2.22. The largest absolute Gasteiger partial charge is 0.457 e. The molecule has 0 unspecified atom stereocenters. The lowest BCUT2D eigenvalue weighted by Crippen LogP contribution is -2.13. The molecule has 3 rings (SSSR count). The molecule has 0 spiro atoms. The van der Waals surface area contributed by atoms with E-state index in [4.69, 9.17) is 4.74 Å². The first-order valence-electron chi connectivity index (χ1n) is 6.82. The van der Waals surface area contributed by atoms with Crippen LogP contribution in [0.25, 0.3) is 0 Å². The Bertz CT molecular complexity index is 790. The van der Waals surface area contributed by atoms with Crippen LogP contribution in [0.1, 0.15) is 10.5 Å². The normalized spacial score (nSPS) is 10.1. The molecule has 114 valence electrons. The molecule has 3 aromatic rings. The summed E-state index contributed by atoms with van der Waals surface area (Å²) in [5, 5.41) is 2.76. The number of nitrogens with zero attached hydrogens (tertiary/aromatic N) is 2. The van der Waals surface area contributed by atoms with E-state index in [0.717, 1.165) is 5.75 Å². The number of anilines is 1. The monoisotopic (exact) mass is 369 g/mol. The second-order valence-electron chi connectivity index (χ2n) is 4.62. The van der Waals surface area contributed by atoms with Gasteiger partial charge in [-0.3, -0.25) is 4.79 Å². The third-order valence-electron chi connectivity index (χ3n) is 2.94. The van der Waals surface area contributed by atoms with Crippen molar-refractivity contribution >= 4 is 27.5 Å². The number of ether oxygens (including phenoxy) is 1. The number of carbonyl (C=O) groups is 1. The van der Waals surface area contributed by atoms with E-state index in [1.165, 1.54) is 12.4 Å². The number of hydrogen-bond donors (Lipinski definition) is 1. The lowest BCUT2D eigenvalue weighted by molar-refractivity contribution is 0.102. The molecule has 0 atom stereocenters. The van der Waals surface area contributed by atoms with Gasteiger partial charge in [-0.1, -0.05) is 18.2 Å². The Morgan fingerprint density at radius 1 is 0.913 bits per heavy atom. The first kappa shape index (κ1) is 15.2. The van der Waals surface area contributed by atoms with Crippen molar-refractivity contribution in [1.82, 2.24) is 9.97 Å². The van der Waals surface area contributed by atoms with Gasteiger partial charge in [0.2, 0.25) is 0 Å². The number of benzene rings is 2. The van der Waals surface area contributed by atoms with Crippen LogP contribution in [0.15, 0.2) is 71.6 Å². The van der Waals surface area contributed by atoms with Gasteiger partial charge >= 0.3 is 0 Å². The molecule has 0 fully saturated rings. The standard InChI is InChI=1S/C17H12BrN3O2/c18-16-11-19-15(10-20-16)17(22)21-12-6-8-14(9-7-12)23-13-4-2-1-3-5-13/h1-11H,(H,21,22). The van der Waals surface area contributed by atoms with E-state index >= 15 is 0 Å². The Hall–Kier alpha value is -2.73. The third-order valence-corrected chi connectivity index (χ3v) is 3.35. The van der Waals surface area contributed by atoms with Crippen molar-refractivity contribution in [3.63, 3.8) is 0 Å². The van der Waals surface area contributed by atoms with Crippen molar-refractivity contribution < 1.29 is 9.53 Å². The van der Waals surface area contributed by atoms with Crippen molar-refractivity contribution in [3.8, 4) is 11.5 Å². The SMILES string of the molecule is O=C(Nc1ccc(Oc2ccccc2)cc1)c1cnc(Br)cn1. The van der Waals surface area contributed by atoms with Crippen LogP contribution in [-0.2, 0) is 0 Å². The van der Waals surface area contributed by atoms with E-state index in [9.17, 15) is 4.79 Å². The summed E-state index contributed by atoms with van der Waals surface area (Å²) in [7, 11) is 0. The summed E-state index contributed by atoms with van der Waals surface area (Å²) in [6.45, 7) is 0. The summed E-state index contributed by atoms with van der Waals surface area (Å²) in [6.07, 6.45) is 2.89. The van der Waals surface area contributed by atoms with Crippen LogP contribution >= 0.6 is 15.9 Å². The van der Waals surface area contributed by atoms with Crippen LogP contribution in [0.3, 0.4) is 0 Å². The second-order valence-corrected chi connectivity index (χ2v) is 5.43. The van der Waals surface area contributed by atoms with Gasteiger partial charge in [-0.05, 0) is 52.3 Å². The fourth-order valence-electron chi connectivity index (χ4n) is 1.86. The summed E-state index contributed by atoms with van der Waals surface area (Å²) in [4.78, 5) is 20.0. The Balaban J connectivity index is 1.65. The zero-order chi connectivity index (χ0) is 16.1. The molecular formula is C17H12BrN3O2. The molecule has 1 N–H and O–H groups in total. The first-order chi connectivity index (χ1) is 11.2. The number of para-hydroxylation sites is 1. The minimum atomic E-state index is -0.318. The van der Waals surface area contributed by atoms with E-state index in [-0.39, 0.29) is 11.6 Å². The number of carbonyl (C=O) groups excluding carboxylic acids is 1. The van der Waals surface area contributed by atoms with Gasteiger partial charge in [-0.2, -0.15) is 0 Å². The smallest absolute Gasteiger partial charge is 0.275 e. The predicted octanol–water partition coefficient (Wildman–Crippen LogP) is 4.28. The number of hydrogen-bond acceptors (Lipinski definition) is 4. The Labute approximate surface area is 141 Å². The zero-order valence-corrected chi connectivity index (χ0v) is 13.5. The topological polar surface area (TPSA) is 64.1 Å². The summed E-state index contributed by atoms with van der Waals surface area (Å²) < 4.78 is 6.28. The third kappa shape index (κ3) is 4.14. The summed E-state index contributed by atoms with van der Waals surface area (Å²) in [6, 6.07) is 16.6. The molecule has 23 heavy (non-hydrogen) atoms. The highest BCUT2D eigenvalue weighted by atomic mass is 79.9. The molecule has 6 heteroatoms. The van der Waals surface area contributed by atoms with Gasteiger partial charge in [0, 0.05) is 5.69 Å². The van der Waals surface area contributed by atoms with Crippen molar-refractivity contribution in [2.24, 2.45) is 0 Å². The molecule has 0 aliphatic heterocycles. The van der Waals surface area contributed by atoms with Crippen LogP contribution < -0.4 is 10.1 Å². The molecule has 0 bridgehead atoms. The molecule has 0 aliphatic carbocycles. The van der Waals surface area contributed by atoms with Crippen molar-refractivity contribution in [3.05, 3.63) is 77.3 Å². The molecule has 1 amide bonds. The molecule has 0 radical (unpaired) electrons. The highest BCUT2D eigenvalue weighted by molar-refractivity contribution is 9.10. The Kier molecular flexibility index (Phi) is 4.63. The van der Waals surface area contributed by atoms with Gasteiger partial charge in [-0.25, -0.2) is 9.97 Å². The van der Waals surface area contributed by atoms with Gasteiger partial charge in [0.25, 0.3) is 5.91 Å². The average Bonchev–Trinajstić information content (AvgIpc) is 2.58. The number of rotatable bonds is 4. The fraction of sp³-hybridized carbons (Fsp3) is 0. The molecule has 0 saturated heterocycles. The van der Waals surface area contributed by atoms with Crippen LogP contribution in [-0.4, -0.2) is 15.9 Å². The van der Waals surface area contributed by atoms with Crippen molar-refractivity contribution in [2.45, 2.75) is 0 Å². The van der Waals surface area contributed by atoms with E-state index in [0.29, 0.717) is 16.0 Å². The molecule has 1 heterocycles. The minimum absolute atomic E-state index is 0.248. The van der Waals surface area contributed by atoms with Gasteiger partial charge in [0.15, 0.2) is 0 Å². The van der Waals surface area contributed by atoms with Crippen molar-refractivity contribution in [2.75, 3.05) is 5.32 Å². The maximum atomic E-state index is 12.0. The first-order valence-corrected chi connectivity index (χ1v) is 7.62. The number of aromatic nitrogens is 2. The fourth-order valence-corrected chi connectivity index (χ4v) is 2.06. The quantitative estimate of drug-likeness (QED) is 0.745. The lowest BCUT2D eigenvalue weighted by atomic mass is 10.3. The van der Waals surface area contributed by atoms with Crippen LogP contribution in [0.2, 0.25) is 0 Å². The van der Waals surface area contributed by atoms with Crippen LogP contribution in [0.5, 0.6) is 11.5 Å². The molecule has 5 nitrogen and oxygen atoms in total. The second kappa shape index (κ2) is 7.02. The highest BCUT2D eigenvalue weighted by Gasteiger charge is 2.08. The van der Waals surface area contributed by atoms with Gasteiger partial charge in [0.05, 0.1) is 12.4 Å². The minimum Gasteiger partial charge on any atom is -0.457 e. The summed E-state index contributed by atoms with van der Waals surface area (Å²) in [5.74, 6) is 1.13. The maximum Gasteiger partial charge on any atom is 0.275 e. The van der Waals surface area contributed by atoms with E-state index in [2.05, 4.69) is 31.2 Å². The zero-order valence-electron chi connectivity index (χ0n) is 11.9. The molecule has 0 saturated carbocycles. The number of halogens is 1. The van der Waals surface area contributed by atoms with Crippen molar-refractivity contribution in [1.29, 1.82) is 0 Å². The van der Waals surface area contributed by atoms with E-state index in [1.807, 2.05) is 30.3 Å². The average molecular weight is 370 g/mol. The van der Waals surface area contributed by atoms with Crippen LogP contribution in [0, 0.1) is 0 Å².